The summed E-state index contributed by atoms with van der Waals surface area (Å²) in [6.07, 6.45) is 2.75. The highest BCUT2D eigenvalue weighted by molar-refractivity contribution is 6.30. The van der Waals surface area contributed by atoms with Crippen molar-refractivity contribution in [2.75, 3.05) is 26.2 Å². The molecule has 5 nitrogen and oxygen atoms in total. The van der Waals surface area contributed by atoms with Crippen molar-refractivity contribution in [3.05, 3.63) is 83.6 Å². The molecule has 2 aromatic heterocycles. The van der Waals surface area contributed by atoms with E-state index < -0.39 is 0 Å². The Morgan fingerprint density at radius 1 is 0.879 bits per heavy atom. The largest absolute Gasteiger partial charge is 0.340 e. The van der Waals surface area contributed by atoms with Crippen LogP contribution < -0.4 is 0 Å². The van der Waals surface area contributed by atoms with Gasteiger partial charge in [-0.25, -0.2) is 4.98 Å². The molecular weight excluding hydrogens is 432 g/mol. The summed E-state index contributed by atoms with van der Waals surface area (Å²) < 4.78 is 2.22. The number of hydrogen-bond donors (Lipinski definition) is 0. The summed E-state index contributed by atoms with van der Waals surface area (Å²) in [5.74, 6) is 0.235. The third-order valence-corrected chi connectivity index (χ3v) is 6.60. The summed E-state index contributed by atoms with van der Waals surface area (Å²) in [4.78, 5) is 21.5. The zero-order valence-electron chi connectivity index (χ0n) is 18.7. The van der Waals surface area contributed by atoms with Crippen LogP contribution in [0.15, 0.2) is 72.9 Å². The molecule has 0 saturated carbocycles. The monoisotopic (exact) mass is 458 g/mol. The number of aromatic nitrogens is 2. The summed E-state index contributed by atoms with van der Waals surface area (Å²) in [7, 11) is 0. The summed E-state index contributed by atoms with van der Waals surface area (Å²) in [5.41, 5.74) is 6.44. The standard InChI is InChI=1S/C27H27ClN4O/c1-2-26(33)31-16-14-30(15-17-31)19-24-27(21-8-11-23(28)12-9-21)29-25-13-10-22(18-32(24)25)20-6-4-3-5-7-20/h3-13,18H,2,14-17,19H2,1H3. The second-order valence-corrected chi connectivity index (χ2v) is 8.87. The van der Waals surface area contributed by atoms with E-state index in [-0.39, 0.29) is 5.91 Å². The predicted octanol–water partition coefficient (Wildman–Crippen LogP) is 5.38. The molecule has 0 bridgehead atoms. The van der Waals surface area contributed by atoms with E-state index in [0.29, 0.717) is 11.4 Å². The van der Waals surface area contributed by atoms with Gasteiger partial charge < -0.3 is 9.30 Å². The van der Waals surface area contributed by atoms with Crippen LogP contribution in [-0.2, 0) is 11.3 Å². The first-order valence-electron chi connectivity index (χ1n) is 11.4. The first-order chi connectivity index (χ1) is 16.1. The van der Waals surface area contributed by atoms with E-state index in [9.17, 15) is 4.79 Å². The lowest BCUT2D eigenvalue weighted by Gasteiger charge is -2.34. The summed E-state index contributed by atoms with van der Waals surface area (Å²) in [6.45, 7) is 5.96. The number of imidazole rings is 1. The van der Waals surface area contributed by atoms with E-state index in [1.807, 2.05) is 42.2 Å². The molecule has 0 aliphatic carbocycles. The highest BCUT2D eigenvalue weighted by Gasteiger charge is 2.23. The topological polar surface area (TPSA) is 40.9 Å². The molecule has 0 radical (unpaired) electrons. The minimum Gasteiger partial charge on any atom is -0.340 e. The van der Waals surface area contributed by atoms with E-state index >= 15 is 0 Å². The Kier molecular flexibility index (Phi) is 6.16. The fraction of sp³-hybridized carbons (Fsp3) is 0.259. The molecule has 1 fully saturated rings. The number of rotatable bonds is 5. The minimum absolute atomic E-state index is 0.235. The molecule has 33 heavy (non-hydrogen) atoms. The Balaban J connectivity index is 1.53. The molecule has 3 heterocycles. The van der Waals surface area contributed by atoms with Crippen molar-refractivity contribution in [2.45, 2.75) is 19.9 Å². The van der Waals surface area contributed by atoms with Crippen LogP contribution >= 0.6 is 11.6 Å². The average Bonchev–Trinajstić information content (AvgIpc) is 3.22. The molecule has 0 spiro atoms. The molecule has 0 atom stereocenters. The Morgan fingerprint density at radius 3 is 2.27 bits per heavy atom. The first kappa shape index (κ1) is 21.7. The Morgan fingerprint density at radius 2 is 1.58 bits per heavy atom. The number of carbonyl (C=O) groups excluding carboxylic acids is 1. The second kappa shape index (κ2) is 9.38. The van der Waals surface area contributed by atoms with Gasteiger partial charge in [-0.15, -0.1) is 0 Å². The molecule has 1 amide bonds. The van der Waals surface area contributed by atoms with Crippen LogP contribution in [0.25, 0.3) is 28.0 Å². The maximum atomic E-state index is 12.1. The number of halogens is 1. The third-order valence-electron chi connectivity index (χ3n) is 6.34. The number of amides is 1. The molecular formula is C27H27ClN4O. The molecule has 0 N–H and O–H groups in total. The fourth-order valence-electron chi connectivity index (χ4n) is 4.48. The average molecular weight is 459 g/mol. The van der Waals surface area contributed by atoms with Crippen molar-refractivity contribution in [3.8, 4) is 22.4 Å². The smallest absolute Gasteiger partial charge is 0.222 e. The van der Waals surface area contributed by atoms with Gasteiger partial charge in [0.15, 0.2) is 0 Å². The molecule has 1 saturated heterocycles. The maximum absolute atomic E-state index is 12.1. The lowest BCUT2D eigenvalue weighted by atomic mass is 10.1. The first-order valence-corrected chi connectivity index (χ1v) is 11.8. The van der Waals surface area contributed by atoms with Crippen molar-refractivity contribution in [1.82, 2.24) is 19.2 Å². The van der Waals surface area contributed by atoms with Crippen LogP contribution in [0.4, 0.5) is 0 Å². The second-order valence-electron chi connectivity index (χ2n) is 8.44. The number of nitrogens with zero attached hydrogens (tertiary/aromatic N) is 4. The highest BCUT2D eigenvalue weighted by Crippen LogP contribution is 2.29. The van der Waals surface area contributed by atoms with Gasteiger partial charge in [0, 0.05) is 55.9 Å². The lowest BCUT2D eigenvalue weighted by Crippen LogP contribution is -2.48. The van der Waals surface area contributed by atoms with E-state index in [0.717, 1.165) is 60.9 Å². The number of fused-ring (bicyclic) bond motifs is 1. The molecule has 4 aromatic rings. The summed E-state index contributed by atoms with van der Waals surface area (Å²) >= 11 is 6.15. The van der Waals surface area contributed by atoms with Gasteiger partial charge in [-0.1, -0.05) is 61.0 Å². The summed E-state index contributed by atoms with van der Waals surface area (Å²) in [6, 6.07) is 22.5. The Labute approximate surface area is 199 Å². The van der Waals surface area contributed by atoms with Gasteiger partial charge in [0.05, 0.1) is 11.4 Å². The third kappa shape index (κ3) is 4.52. The lowest BCUT2D eigenvalue weighted by molar-refractivity contribution is -0.132. The number of piperazine rings is 1. The van der Waals surface area contributed by atoms with Crippen molar-refractivity contribution < 1.29 is 4.79 Å². The zero-order valence-corrected chi connectivity index (χ0v) is 19.5. The predicted molar refractivity (Wildman–Crippen MR) is 133 cm³/mol. The van der Waals surface area contributed by atoms with Gasteiger partial charge in [0.1, 0.15) is 5.65 Å². The van der Waals surface area contributed by atoms with E-state index in [2.05, 4.69) is 51.9 Å². The quantitative estimate of drug-likeness (QED) is 0.403. The minimum atomic E-state index is 0.235. The van der Waals surface area contributed by atoms with Gasteiger partial charge in [-0.05, 0) is 35.4 Å². The molecule has 1 aliphatic heterocycles. The van der Waals surface area contributed by atoms with Gasteiger partial charge in [-0.3, -0.25) is 9.69 Å². The van der Waals surface area contributed by atoms with Crippen molar-refractivity contribution in [3.63, 3.8) is 0 Å². The number of benzene rings is 2. The normalized spacial score (nSPS) is 14.7. The van der Waals surface area contributed by atoms with E-state index in [1.54, 1.807) is 0 Å². The van der Waals surface area contributed by atoms with Crippen LogP contribution in [0.5, 0.6) is 0 Å². The molecule has 2 aromatic carbocycles. The van der Waals surface area contributed by atoms with Crippen LogP contribution in [-0.4, -0.2) is 51.3 Å². The SMILES string of the molecule is CCC(=O)N1CCN(Cc2c(-c3ccc(Cl)cc3)nc3ccc(-c4ccccc4)cn23)CC1. The van der Waals surface area contributed by atoms with Crippen molar-refractivity contribution in [2.24, 2.45) is 0 Å². The van der Waals surface area contributed by atoms with Crippen LogP contribution in [0, 0.1) is 0 Å². The van der Waals surface area contributed by atoms with Gasteiger partial charge in [0.2, 0.25) is 5.91 Å². The van der Waals surface area contributed by atoms with Crippen molar-refractivity contribution in [1.29, 1.82) is 0 Å². The molecule has 6 heteroatoms. The van der Waals surface area contributed by atoms with E-state index in [1.165, 1.54) is 5.56 Å². The number of pyridine rings is 1. The van der Waals surface area contributed by atoms with Crippen molar-refractivity contribution >= 4 is 23.2 Å². The van der Waals surface area contributed by atoms with Crippen LogP contribution in [0.1, 0.15) is 19.0 Å². The Bertz CT molecular complexity index is 1260. The van der Waals surface area contributed by atoms with Gasteiger partial charge in [-0.2, -0.15) is 0 Å². The molecule has 0 unspecified atom stereocenters. The molecule has 5 rings (SSSR count). The zero-order chi connectivity index (χ0) is 22.8. The maximum Gasteiger partial charge on any atom is 0.222 e. The van der Waals surface area contributed by atoms with Crippen LogP contribution in [0.2, 0.25) is 5.02 Å². The summed E-state index contributed by atoms with van der Waals surface area (Å²) in [5, 5.41) is 0.715. The van der Waals surface area contributed by atoms with Gasteiger partial charge >= 0.3 is 0 Å². The molecule has 168 valence electrons. The van der Waals surface area contributed by atoms with Gasteiger partial charge in [0.25, 0.3) is 0 Å². The Hall–Kier alpha value is -3.15. The van der Waals surface area contributed by atoms with E-state index in [4.69, 9.17) is 16.6 Å². The van der Waals surface area contributed by atoms with Crippen LogP contribution in [0.3, 0.4) is 0 Å². The number of carbonyl (C=O) groups is 1. The number of hydrogen-bond acceptors (Lipinski definition) is 3. The fourth-order valence-corrected chi connectivity index (χ4v) is 4.60. The molecule has 1 aliphatic rings. The highest BCUT2D eigenvalue weighted by atomic mass is 35.5.